The molecule has 0 heterocycles. The van der Waals surface area contributed by atoms with Crippen molar-refractivity contribution in [3.63, 3.8) is 0 Å². The maximum Gasteiger partial charge on any atom is 0.253 e. The van der Waals surface area contributed by atoms with Crippen molar-refractivity contribution in [2.75, 3.05) is 19.4 Å². The number of hydrogen-bond donors (Lipinski definition) is 2. The van der Waals surface area contributed by atoms with E-state index < -0.39 is 0 Å². The lowest BCUT2D eigenvalue weighted by Crippen LogP contribution is -2.39. The van der Waals surface area contributed by atoms with E-state index in [1.165, 1.54) is 0 Å². The Kier molecular flexibility index (Phi) is 4.12. The lowest BCUT2D eigenvalue weighted by Gasteiger charge is -2.23. The van der Waals surface area contributed by atoms with E-state index in [1.54, 1.807) is 19.2 Å². The molecule has 17 heavy (non-hydrogen) atoms. The summed E-state index contributed by atoms with van der Waals surface area (Å²) in [6, 6.07) is 5.40. The van der Waals surface area contributed by atoms with Crippen molar-refractivity contribution in [3.8, 4) is 0 Å². The number of carbonyl (C=O) groups is 1. The van der Waals surface area contributed by atoms with Crippen LogP contribution in [-0.2, 0) is 4.74 Å². The van der Waals surface area contributed by atoms with Gasteiger partial charge in [-0.2, -0.15) is 0 Å². The molecule has 0 bridgehead atoms. The van der Waals surface area contributed by atoms with Crippen LogP contribution in [-0.4, -0.2) is 25.2 Å². The number of carbonyl (C=O) groups excluding carboxylic acids is 1. The molecule has 4 heteroatoms. The molecule has 0 atom stereocenters. The zero-order valence-corrected chi connectivity index (χ0v) is 10.8. The largest absolute Gasteiger partial charge is 0.398 e. The fourth-order valence-corrected chi connectivity index (χ4v) is 1.33. The number of aryl methyl sites for hydroxylation is 1. The van der Waals surface area contributed by atoms with Crippen molar-refractivity contribution in [1.82, 2.24) is 5.32 Å². The van der Waals surface area contributed by atoms with Crippen molar-refractivity contribution in [3.05, 3.63) is 29.3 Å². The standard InChI is InChI=1S/C13H20N2O2/c1-9-5-6-11(14)10(7-9)12(16)15-8-13(2,3)17-4/h5-7H,8,14H2,1-4H3,(H,15,16). The van der Waals surface area contributed by atoms with Gasteiger partial charge in [0.2, 0.25) is 0 Å². The number of anilines is 1. The molecule has 94 valence electrons. The summed E-state index contributed by atoms with van der Waals surface area (Å²) < 4.78 is 5.23. The molecular formula is C13H20N2O2. The Morgan fingerprint density at radius 1 is 1.47 bits per heavy atom. The number of benzene rings is 1. The number of nitrogen functional groups attached to an aromatic ring is 1. The molecular weight excluding hydrogens is 216 g/mol. The zero-order chi connectivity index (χ0) is 13.1. The van der Waals surface area contributed by atoms with E-state index in [1.807, 2.05) is 26.8 Å². The van der Waals surface area contributed by atoms with Crippen LogP contribution < -0.4 is 11.1 Å². The predicted octanol–water partition coefficient (Wildman–Crippen LogP) is 1.73. The molecule has 3 N–H and O–H groups in total. The SMILES string of the molecule is COC(C)(C)CNC(=O)c1cc(C)ccc1N. The van der Waals surface area contributed by atoms with E-state index >= 15 is 0 Å². The van der Waals surface area contributed by atoms with Gasteiger partial charge in [0.05, 0.1) is 11.2 Å². The molecule has 0 aliphatic heterocycles. The minimum atomic E-state index is -0.381. The van der Waals surface area contributed by atoms with Crippen molar-refractivity contribution in [2.45, 2.75) is 26.4 Å². The van der Waals surface area contributed by atoms with Gasteiger partial charge in [0.1, 0.15) is 0 Å². The smallest absolute Gasteiger partial charge is 0.253 e. The first-order chi connectivity index (χ1) is 7.85. The van der Waals surface area contributed by atoms with Crippen LogP contribution in [0.2, 0.25) is 0 Å². The molecule has 0 fully saturated rings. The van der Waals surface area contributed by atoms with Gasteiger partial charge in [0.15, 0.2) is 0 Å². The quantitative estimate of drug-likeness (QED) is 0.782. The second-order valence-electron chi connectivity index (χ2n) is 4.74. The van der Waals surface area contributed by atoms with Gasteiger partial charge in [0.25, 0.3) is 5.91 Å². The number of ether oxygens (including phenoxy) is 1. The second-order valence-corrected chi connectivity index (χ2v) is 4.74. The molecule has 0 aliphatic rings. The van der Waals surface area contributed by atoms with Crippen molar-refractivity contribution in [2.24, 2.45) is 0 Å². The summed E-state index contributed by atoms with van der Waals surface area (Å²) in [6.45, 7) is 6.19. The Hall–Kier alpha value is -1.55. The van der Waals surface area contributed by atoms with Gasteiger partial charge in [-0.15, -0.1) is 0 Å². The maximum atomic E-state index is 11.9. The first-order valence-corrected chi connectivity index (χ1v) is 5.55. The van der Waals surface area contributed by atoms with Crippen molar-refractivity contribution in [1.29, 1.82) is 0 Å². The van der Waals surface area contributed by atoms with E-state index in [0.717, 1.165) is 5.56 Å². The monoisotopic (exact) mass is 236 g/mol. The summed E-state index contributed by atoms with van der Waals surface area (Å²) in [6.07, 6.45) is 0. The number of hydrogen-bond acceptors (Lipinski definition) is 3. The molecule has 0 saturated carbocycles. The van der Waals surface area contributed by atoms with Crippen LogP contribution >= 0.6 is 0 Å². The second kappa shape index (κ2) is 5.19. The first-order valence-electron chi connectivity index (χ1n) is 5.55. The predicted molar refractivity (Wildman–Crippen MR) is 69.0 cm³/mol. The van der Waals surface area contributed by atoms with E-state index in [-0.39, 0.29) is 11.5 Å². The van der Waals surface area contributed by atoms with Crippen molar-refractivity contribution < 1.29 is 9.53 Å². The third-order valence-electron chi connectivity index (χ3n) is 2.68. The lowest BCUT2D eigenvalue weighted by atomic mass is 10.1. The van der Waals surface area contributed by atoms with Crippen LogP contribution in [0.4, 0.5) is 5.69 Å². The average Bonchev–Trinajstić information content (AvgIpc) is 2.29. The van der Waals surface area contributed by atoms with Gasteiger partial charge in [-0.1, -0.05) is 11.6 Å². The summed E-state index contributed by atoms with van der Waals surface area (Å²) in [5.74, 6) is -0.170. The molecule has 1 aromatic carbocycles. The molecule has 1 aromatic rings. The Morgan fingerprint density at radius 3 is 2.71 bits per heavy atom. The van der Waals surface area contributed by atoms with Crippen LogP contribution in [0.3, 0.4) is 0 Å². The number of methoxy groups -OCH3 is 1. The molecule has 1 rings (SSSR count). The molecule has 1 amide bonds. The van der Waals surface area contributed by atoms with Gasteiger partial charge >= 0.3 is 0 Å². The van der Waals surface area contributed by atoms with Gasteiger partial charge in [-0.25, -0.2) is 0 Å². The molecule has 0 aliphatic carbocycles. The fourth-order valence-electron chi connectivity index (χ4n) is 1.33. The highest BCUT2D eigenvalue weighted by Crippen LogP contribution is 2.14. The summed E-state index contributed by atoms with van der Waals surface area (Å²) >= 11 is 0. The van der Waals surface area contributed by atoms with Crippen LogP contribution in [0.25, 0.3) is 0 Å². The van der Waals surface area contributed by atoms with Crippen LogP contribution in [0.5, 0.6) is 0 Å². The fraction of sp³-hybridized carbons (Fsp3) is 0.462. The molecule has 0 aromatic heterocycles. The van der Waals surface area contributed by atoms with E-state index in [4.69, 9.17) is 10.5 Å². The van der Waals surface area contributed by atoms with Crippen LogP contribution in [0.15, 0.2) is 18.2 Å². The third kappa shape index (κ3) is 3.75. The molecule has 0 radical (unpaired) electrons. The highest BCUT2D eigenvalue weighted by Gasteiger charge is 2.18. The Balaban J connectivity index is 2.74. The summed E-state index contributed by atoms with van der Waals surface area (Å²) in [4.78, 5) is 11.9. The zero-order valence-electron chi connectivity index (χ0n) is 10.8. The van der Waals surface area contributed by atoms with E-state index in [2.05, 4.69) is 5.32 Å². The highest BCUT2D eigenvalue weighted by atomic mass is 16.5. The maximum absolute atomic E-state index is 11.9. The Labute approximate surface area is 102 Å². The third-order valence-corrected chi connectivity index (χ3v) is 2.68. The van der Waals surface area contributed by atoms with Gasteiger partial charge in [-0.3, -0.25) is 4.79 Å². The molecule has 0 spiro atoms. The Bertz CT molecular complexity index is 414. The highest BCUT2D eigenvalue weighted by molar-refractivity contribution is 5.99. The minimum Gasteiger partial charge on any atom is -0.398 e. The van der Waals surface area contributed by atoms with E-state index in [0.29, 0.717) is 17.8 Å². The summed E-state index contributed by atoms with van der Waals surface area (Å²) in [5, 5.41) is 2.81. The topological polar surface area (TPSA) is 64.3 Å². The number of rotatable bonds is 4. The van der Waals surface area contributed by atoms with Crippen molar-refractivity contribution >= 4 is 11.6 Å². The van der Waals surface area contributed by atoms with Crippen LogP contribution in [0.1, 0.15) is 29.8 Å². The first kappa shape index (κ1) is 13.5. The lowest BCUT2D eigenvalue weighted by molar-refractivity contribution is 0.0229. The van der Waals surface area contributed by atoms with Gasteiger partial charge in [0, 0.05) is 19.3 Å². The molecule has 4 nitrogen and oxygen atoms in total. The number of amides is 1. The van der Waals surface area contributed by atoms with E-state index in [9.17, 15) is 4.79 Å². The minimum absolute atomic E-state index is 0.170. The van der Waals surface area contributed by atoms with Crippen LogP contribution in [0, 0.1) is 6.92 Å². The normalized spacial score (nSPS) is 11.3. The molecule has 0 unspecified atom stereocenters. The number of nitrogens with two attached hydrogens (primary N) is 1. The average molecular weight is 236 g/mol. The van der Waals surface area contributed by atoms with Gasteiger partial charge in [-0.05, 0) is 32.9 Å². The Morgan fingerprint density at radius 2 is 2.12 bits per heavy atom. The summed E-state index contributed by atoms with van der Waals surface area (Å²) in [5.41, 5.74) is 7.40. The molecule has 0 saturated heterocycles. The summed E-state index contributed by atoms with van der Waals surface area (Å²) in [7, 11) is 1.62. The van der Waals surface area contributed by atoms with Gasteiger partial charge < -0.3 is 15.8 Å². The number of nitrogens with one attached hydrogen (secondary N) is 1.